The van der Waals surface area contributed by atoms with Crippen molar-refractivity contribution in [3.63, 3.8) is 0 Å². The van der Waals surface area contributed by atoms with Gasteiger partial charge in [0.2, 0.25) is 5.95 Å². The molecule has 1 saturated carbocycles. The van der Waals surface area contributed by atoms with Crippen molar-refractivity contribution in [1.29, 1.82) is 0 Å². The predicted molar refractivity (Wildman–Crippen MR) is 124 cm³/mol. The van der Waals surface area contributed by atoms with Crippen LogP contribution in [0.4, 0.5) is 4.39 Å². The van der Waals surface area contributed by atoms with Gasteiger partial charge in [-0.25, -0.2) is 4.98 Å². The molecule has 0 amide bonds. The highest BCUT2D eigenvalue weighted by molar-refractivity contribution is 5.55. The van der Waals surface area contributed by atoms with Gasteiger partial charge in [0.25, 0.3) is 0 Å². The number of aryl methyl sites for hydroxylation is 2. The second-order valence-corrected chi connectivity index (χ2v) is 9.23. The highest BCUT2D eigenvalue weighted by Gasteiger charge is 2.20. The van der Waals surface area contributed by atoms with E-state index in [2.05, 4.69) is 35.9 Å². The minimum atomic E-state index is -0.372. The molecule has 0 atom stereocenters. The molecule has 1 fully saturated rings. The molecule has 1 aliphatic rings. The summed E-state index contributed by atoms with van der Waals surface area (Å²) >= 11 is 0. The zero-order valence-corrected chi connectivity index (χ0v) is 19.0. The first-order valence-electron chi connectivity index (χ1n) is 12.3. The fraction of sp³-hybridized carbons (Fsp3) is 0.630. The van der Waals surface area contributed by atoms with Gasteiger partial charge in [-0.3, -0.25) is 0 Å². The van der Waals surface area contributed by atoms with Crippen LogP contribution in [0.15, 0.2) is 30.5 Å². The highest BCUT2D eigenvalue weighted by atomic mass is 19.1. The average molecular weight is 411 g/mol. The molecular weight excluding hydrogens is 371 g/mol. The lowest BCUT2D eigenvalue weighted by Gasteiger charge is -2.28. The number of benzene rings is 1. The molecular formula is C27H39FN2. The number of hydrogen-bond donors (Lipinski definition) is 0. The monoisotopic (exact) mass is 410 g/mol. The van der Waals surface area contributed by atoms with Crippen LogP contribution in [-0.4, -0.2) is 9.97 Å². The van der Waals surface area contributed by atoms with Crippen molar-refractivity contribution in [2.45, 2.75) is 97.3 Å². The maximum absolute atomic E-state index is 14.2. The topological polar surface area (TPSA) is 25.8 Å². The Hall–Kier alpha value is -1.77. The summed E-state index contributed by atoms with van der Waals surface area (Å²) < 4.78 is 14.2. The van der Waals surface area contributed by atoms with Crippen molar-refractivity contribution in [3.05, 3.63) is 47.5 Å². The average Bonchev–Trinajstić information content (AvgIpc) is 2.78. The Morgan fingerprint density at radius 3 is 2.13 bits per heavy atom. The van der Waals surface area contributed by atoms with E-state index in [1.165, 1.54) is 63.4 Å². The molecule has 1 aromatic heterocycles. The van der Waals surface area contributed by atoms with Gasteiger partial charge in [0.05, 0.1) is 0 Å². The van der Waals surface area contributed by atoms with E-state index in [0.29, 0.717) is 17.8 Å². The van der Waals surface area contributed by atoms with Crippen molar-refractivity contribution in [2.75, 3.05) is 0 Å². The zero-order chi connectivity index (χ0) is 21.2. The molecule has 1 aromatic carbocycles. The minimum absolute atomic E-state index is 0.372. The van der Waals surface area contributed by atoms with Gasteiger partial charge in [-0.1, -0.05) is 95.9 Å². The Balaban J connectivity index is 1.46. The molecule has 0 bridgehead atoms. The van der Waals surface area contributed by atoms with Crippen LogP contribution in [0.2, 0.25) is 0 Å². The van der Waals surface area contributed by atoms with Crippen LogP contribution >= 0.6 is 0 Å². The molecule has 164 valence electrons. The van der Waals surface area contributed by atoms with E-state index in [1.54, 1.807) is 6.20 Å². The van der Waals surface area contributed by atoms with E-state index < -0.39 is 0 Å². The summed E-state index contributed by atoms with van der Waals surface area (Å²) in [6.07, 6.45) is 18.1. The SMILES string of the molecule is CCCCC[C@H]1CC[C@H](CCc2ccc(-c3ncc(CCCC)c(F)n3)cc2)CC1. The number of nitrogens with zero attached hydrogens (tertiary/aromatic N) is 2. The van der Waals surface area contributed by atoms with Crippen molar-refractivity contribution < 1.29 is 4.39 Å². The van der Waals surface area contributed by atoms with Crippen LogP contribution in [0.1, 0.15) is 95.6 Å². The summed E-state index contributed by atoms with van der Waals surface area (Å²) in [7, 11) is 0. The van der Waals surface area contributed by atoms with Crippen LogP contribution in [0, 0.1) is 17.8 Å². The second kappa shape index (κ2) is 12.2. The summed E-state index contributed by atoms with van der Waals surface area (Å²) in [5.41, 5.74) is 2.88. The summed E-state index contributed by atoms with van der Waals surface area (Å²) in [6.45, 7) is 4.40. The fourth-order valence-corrected chi connectivity index (χ4v) is 4.74. The van der Waals surface area contributed by atoms with E-state index in [4.69, 9.17) is 0 Å². The van der Waals surface area contributed by atoms with E-state index in [0.717, 1.165) is 36.7 Å². The molecule has 2 nitrogen and oxygen atoms in total. The van der Waals surface area contributed by atoms with E-state index >= 15 is 0 Å². The van der Waals surface area contributed by atoms with Crippen molar-refractivity contribution >= 4 is 0 Å². The van der Waals surface area contributed by atoms with Gasteiger partial charge in [0.15, 0.2) is 5.82 Å². The summed E-state index contributed by atoms with van der Waals surface area (Å²) in [5, 5.41) is 0. The number of halogens is 1. The largest absolute Gasteiger partial charge is 0.236 e. The Morgan fingerprint density at radius 2 is 1.50 bits per heavy atom. The van der Waals surface area contributed by atoms with Crippen molar-refractivity contribution in [2.24, 2.45) is 11.8 Å². The van der Waals surface area contributed by atoms with Crippen LogP contribution in [-0.2, 0) is 12.8 Å². The minimum Gasteiger partial charge on any atom is -0.236 e. The molecule has 0 N–H and O–H groups in total. The van der Waals surface area contributed by atoms with E-state index in [1.807, 2.05) is 12.1 Å². The Bertz CT molecular complexity index is 748. The standard InChI is InChI=1S/C27H39FN2/c1-3-5-7-8-21-10-12-22(13-11-21)14-15-23-16-18-24(19-17-23)27-29-20-25(9-6-4-2)26(28)30-27/h16-22H,3-15H2,1-2H3/t21-,22-. The number of hydrogen-bond acceptors (Lipinski definition) is 2. The molecule has 30 heavy (non-hydrogen) atoms. The Morgan fingerprint density at radius 1 is 0.833 bits per heavy atom. The van der Waals surface area contributed by atoms with E-state index in [-0.39, 0.29) is 5.95 Å². The maximum atomic E-state index is 14.2. The lowest BCUT2D eigenvalue weighted by Crippen LogP contribution is -2.15. The van der Waals surface area contributed by atoms with Gasteiger partial charge < -0.3 is 0 Å². The van der Waals surface area contributed by atoms with Crippen LogP contribution in [0.3, 0.4) is 0 Å². The van der Waals surface area contributed by atoms with Gasteiger partial charge in [0.1, 0.15) is 0 Å². The molecule has 1 heterocycles. The third-order valence-corrected chi connectivity index (χ3v) is 6.85. The molecule has 2 aromatic rings. The van der Waals surface area contributed by atoms with Gasteiger partial charge in [-0.05, 0) is 43.1 Å². The van der Waals surface area contributed by atoms with Crippen LogP contribution in [0.5, 0.6) is 0 Å². The number of unbranched alkanes of at least 4 members (excludes halogenated alkanes) is 3. The first-order valence-corrected chi connectivity index (χ1v) is 12.3. The highest BCUT2D eigenvalue weighted by Crippen LogP contribution is 2.34. The summed E-state index contributed by atoms with van der Waals surface area (Å²) in [4.78, 5) is 8.50. The summed E-state index contributed by atoms with van der Waals surface area (Å²) in [5.74, 6) is 1.99. The van der Waals surface area contributed by atoms with Gasteiger partial charge >= 0.3 is 0 Å². The molecule has 0 aliphatic heterocycles. The number of rotatable bonds is 11. The Labute approximate surface area is 182 Å². The molecule has 0 radical (unpaired) electrons. The van der Waals surface area contributed by atoms with Gasteiger partial charge in [-0.2, -0.15) is 9.37 Å². The molecule has 0 spiro atoms. The Kier molecular flexibility index (Phi) is 9.29. The lowest BCUT2D eigenvalue weighted by molar-refractivity contribution is 0.249. The van der Waals surface area contributed by atoms with Crippen molar-refractivity contribution in [3.8, 4) is 11.4 Å². The second-order valence-electron chi connectivity index (χ2n) is 9.23. The molecule has 3 heteroatoms. The van der Waals surface area contributed by atoms with Crippen LogP contribution < -0.4 is 0 Å². The summed E-state index contributed by atoms with van der Waals surface area (Å²) in [6, 6.07) is 8.41. The van der Waals surface area contributed by atoms with Crippen LogP contribution in [0.25, 0.3) is 11.4 Å². The first-order chi connectivity index (χ1) is 14.7. The van der Waals surface area contributed by atoms with Crippen molar-refractivity contribution in [1.82, 2.24) is 9.97 Å². The van der Waals surface area contributed by atoms with Gasteiger partial charge in [0, 0.05) is 17.3 Å². The van der Waals surface area contributed by atoms with Gasteiger partial charge in [-0.15, -0.1) is 0 Å². The molecule has 1 aliphatic carbocycles. The first kappa shape index (κ1) is 22.9. The van der Waals surface area contributed by atoms with E-state index in [9.17, 15) is 4.39 Å². The quantitative estimate of drug-likeness (QED) is 0.277. The molecule has 3 rings (SSSR count). The third-order valence-electron chi connectivity index (χ3n) is 6.85. The smallest absolute Gasteiger partial charge is 0.219 e. The normalized spacial score (nSPS) is 19.2. The predicted octanol–water partition coefficient (Wildman–Crippen LogP) is 7.94. The zero-order valence-electron chi connectivity index (χ0n) is 19.0. The molecule has 0 unspecified atom stereocenters. The number of aromatic nitrogens is 2. The maximum Gasteiger partial charge on any atom is 0.219 e. The third kappa shape index (κ3) is 6.89. The fourth-order valence-electron chi connectivity index (χ4n) is 4.74. The lowest BCUT2D eigenvalue weighted by atomic mass is 9.78. The molecule has 0 saturated heterocycles.